The number of hydrogen-bond donors (Lipinski definition) is 1. The molecular weight excluding hydrogens is 146 g/mol. The van der Waals surface area contributed by atoms with E-state index in [1.165, 1.54) is 0 Å². The van der Waals surface area contributed by atoms with Crippen molar-refractivity contribution in [2.24, 2.45) is 5.73 Å². The van der Waals surface area contributed by atoms with E-state index in [0.29, 0.717) is 5.82 Å². The SMILES string of the molecule is Cc1noc(C(C)C(N)=O)n1. The van der Waals surface area contributed by atoms with Gasteiger partial charge in [0.15, 0.2) is 5.82 Å². The Hall–Kier alpha value is -1.39. The second-order valence-corrected chi connectivity index (χ2v) is 2.30. The van der Waals surface area contributed by atoms with Gasteiger partial charge in [0, 0.05) is 0 Å². The number of amides is 1. The summed E-state index contributed by atoms with van der Waals surface area (Å²) in [7, 11) is 0. The molecule has 0 aliphatic carbocycles. The van der Waals surface area contributed by atoms with Gasteiger partial charge in [-0.3, -0.25) is 4.79 Å². The van der Waals surface area contributed by atoms with E-state index in [4.69, 9.17) is 10.3 Å². The maximum atomic E-state index is 10.6. The summed E-state index contributed by atoms with van der Waals surface area (Å²) >= 11 is 0. The maximum Gasteiger partial charge on any atom is 0.238 e. The molecular formula is C6H9N3O2. The molecule has 5 heteroatoms. The van der Waals surface area contributed by atoms with Crippen LogP contribution in [0, 0.1) is 6.92 Å². The van der Waals surface area contributed by atoms with E-state index in [0.717, 1.165) is 0 Å². The Balaban J connectivity index is 2.84. The lowest BCUT2D eigenvalue weighted by atomic mass is 10.2. The average Bonchev–Trinajstić information content (AvgIpc) is 2.34. The Morgan fingerprint density at radius 1 is 1.73 bits per heavy atom. The van der Waals surface area contributed by atoms with Crippen LogP contribution in [0.5, 0.6) is 0 Å². The monoisotopic (exact) mass is 155 g/mol. The Kier molecular flexibility index (Phi) is 1.89. The van der Waals surface area contributed by atoms with E-state index in [9.17, 15) is 4.79 Å². The minimum absolute atomic E-state index is 0.273. The third-order valence-corrected chi connectivity index (χ3v) is 1.34. The van der Waals surface area contributed by atoms with Crippen LogP contribution in [0.1, 0.15) is 24.6 Å². The van der Waals surface area contributed by atoms with E-state index in [1.807, 2.05) is 0 Å². The number of carbonyl (C=O) groups is 1. The van der Waals surface area contributed by atoms with E-state index in [2.05, 4.69) is 10.1 Å². The number of hydrogen-bond acceptors (Lipinski definition) is 4. The lowest BCUT2D eigenvalue weighted by Gasteiger charge is -1.97. The van der Waals surface area contributed by atoms with Crippen molar-refractivity contribution in [1.82, 2.24) is 10.1 Å². The number of aromatic nitrogens is 2. The van der Waals surface area contributed by atoms with Crippen molar-refractivity contribution >= 4 is 5.91 Å². The Labute approximate surface area is 63.6 Å². The zero-order valence-electron chi connectivity index (χ0n) is 6.37. The predicted octanol–water partition coefficient (Wildman–Crippen LogP) is -0.0332. The molecule has 0 radical (unpaired) electrons. The van der Waals surface area contributed by atoms with E-state index < -0.39 is 11.8 Å². The molecule has 0 saturated heterocycles. The van der Waals surface area contributed by atoms with Gasteiger partial charge in [0.1, 0.15) is 5.92 Å². The van der Waals surface area contributed by atoms with Crippen LogP contribution in [0.2, 0.25) is 0 Å². The number of nitrogens with zero attached hydrogens (tertiary/aromatic N) is 2. The van der Waals surface area contributed by atoms with Crippen LogP contribution in [0.3, 0.4) is 0 Å². The highest BCUT2D eigenvalue weighted by atomic mass is 16.5. The van der Waals surface area contributed by atoms with Gasteiger partial charge in [-0.1, -0.05) is 5.16 Å². The summed E-state index contributed by atoms with van der Waals surface area (Å²) in [6, 6.07) is 0. The predicted molar refractivity (Wildman–Crippen MR) is 36.6 cm³/mol. The molecule has 5 nitrogen and oxygen atoms in total. The first-order chi connectivity index (χ1) is 5.11. The average molecular weight is 155 g/mol. The minimum atomic E-state index is -0.504. The number of rotatable bonds is 2. The standard InChI is InChI=1S/C6H9N3O2/c1-3(5(7)10)6-8-4(2)9-11-6/h3H,1-2H3,(H2,7,10). The zero-order chi connectivity index (χ0) is 8.43. The summed E-state index contributed by atoms with van der Waals surface area (Å²) in [5.41, 5.74) is 5.01. The molecule has 1 unspecified atom stereocenters. The van der Waals surface area contributed by atoms with Crippen molar-refractivity contribution in [3.8, 4) is 0 Å². The number of nitrogens with two attached hydrogens (primary N) is 1. The molecule has 0 saturated carbocycles. The van der Waals surface area contributed by atoms with Gasteiger partial charge in [-0.25, -0.2) is 0 Å². The third-order valence-electron chi connectivity index (χ3n) is 1.34. The van der Waals surface area contributed by atoms with Gasteiger partial charge < -0.3 is 10.3 Å². The highest BCUT2D eigenvalue weighted by molar-refractivity contribution is 5.80. The van der Waals surface area contributed by atoms with Crippen LogP contribution in [-0.4, -0.2) is 16.0 Å². The summed E-state index contributed by atoms with van der Waals surface area (Å²) in [6.45, 7) is 3.30. The van der Waals surface area contributed by atoms with Crippen molar-refractivity contribution in [3.05, 3.63) is 11.7 Å². The van der Waals surface area contributed by atoms with E-state index in [1.54, 1.807) is 13.8 Å². The molecule has 0 spiro atoms. The zero-order valence-corrected chi connectivity index (χ0v) is 6.37. The van der Waals surface area contributed by atoms with Gasteiger partial charge in [0.2, 0.25) is 11.8 Å². The molecule has 1 heterocycles. The minimum Gasteiger partial charge on any atom is -0.369 e. The topological polar surface area (TPSA) is 82.0 Å². The molecule has 1 rings (SSSR count). The summed E-state index contributed by atoms with van der Waals surface area (Å²) in [5, 5.41) is 3.53. The largest absolute Gasteiger partial charge is 0.369 e. The van der Waals surface area contributed by atoms with Crippen molar-refractivity contribution in [2.75, 3.05) is 0 Å². The summed E-state index contributed by atoms with van der Waals surface area (Å²) in [6.07, 6.45) is 0. The number of carbonyl (C=O) groups excluding carboxylic acids is 1. The van der Waals surface area contributed by atoms with Gasteiger partial charge in [0.25, 0.3) is 0 Å². The molecule has 11 heavy (non-hydrogen) atoms. The van der Waals surface area contributed by atoms with Crippen molar-refractivity contribution in [3.63, 3.8) is 0 Å². The molecule has 2 N–H and O–H groups in total. The van der Waals surface area contributed by atoms with Crippen molar-refractivity contribution in [1.29, 1.82) is 0 Å². The highest BCUT2D eigenvalue weighted by Crippen LogP contribution is 2.10. The van der Waals surface area contributed by atoms with Crippen LogP contribution in [0.15, 0.2) is 4.52 Å². The molecule has 1 aromatic heterocycles. The van der Waals surface area contributed by atoms with Crippen LogP contribution >= 0.6 is 0 Å². The second-order valence-electron chi connectivity index (χ2n) is 2.30. The molecule has 0 aromatic carbocycles. The molecule has 0 bridgehead atoms. The lowest BCUT2D eigenvalue weighted by Crippen LogP contribution is -2.18. The van der Waals surface area contributed by atoms with Crippen LogP contribution in [-0.2, 0) is 4.79 Å². The summed E-state index contributed by atoms with van der Waals surface area (Å²) in [5.74, 6) is -0.187. The molecule has 1 aromatic rings. The lowest BCUT2D eigenvalue weighted by molar-refractivity contribution is -0.119. The normalized spacial score (nSPS) is 12.9. The van der Waals surface area contributed by atoms with E-state index >= 15 is 0 Å². The van der Waals surface area contributed by atoms with Gasteiger partial charge >= 0.3 is 0 Å². The van der Waals surface area contributed by atoms with Gasteiger partial charge in [-0.15, -0.1) is 0 Å². The molecule has 0 aliphatic rings. The van der Waals surface area contributed by atoms with Gasteiger partial charge in [0.05, 0.1) is 0 Å². The van der Waals surface area contributed by atoms with Crippen molar-refractivity contribution in [2.45, 2.75) is 19.8 Å². The molecule has 1 amide bonds. The molecule has 1 atom stereocenters. The first-order valence-corrected chi connectivity index (χ1v) is 3.21. The molecule has 60 valence electrons. The van der Waals surface area contributed by atoms with Gasteiger partial charge in [-0.2, -0.15) is 4.98 Å². The third kappa shape index (κ3) is 1.54. The Bertz CT molecular complexity index is 269. The highest BCUT2D eigenvalue weighted by Gasteiger charge is 2.17. The van der Waals surface area contributed by atoms with Crippen molar-refractivity contribution < 1.29 is 9.32 Å². The van der Waals surface area contributed by atoms with Crippen LogP contribution in [0.4, 0.5) is 0 Å². The number of primary amides is 1. The fraction of sp³-hybridized carbons (Fsp3) is 0.500. The first-order valence-electron chi connectivity index (χ1n) is 3.21. The smallest absolute Gasteiger partial charge is 0.238 e. The molecule has 0 fully saturated rings. The van der Waals surface area contributed by atoms with E-state index in [-0.39, 0.29) is 5.89 Å². The maximum absolute atomic E-state index is 10.6. The molecule has 0 aliphatic heterocycles. The Morgan fingerprint density at radius 3 is 2.73 bits per heavy atom. The quantitative estimate of drug-likeness (QED) is 0.650. The van der Waals surface area contributed by atoms with Gasteiger partial charge in [-0.05, 0) is 13.8 Å². The summed E-state index contributed by atoms with van der Waals surface area (Å²) in [4.78, 5) is 14.5. The second kappa shape index (κ2) is 2.69. The Morgan fingerprint density at radius 2 is 2.36 bits per heavy atom. The fourth-order valence-corrected chi connectivity index (χ4v) is 0.611. The first kappa shape index (κ1) is 7.71. The summed E-state index contributed by atoms with van der Waals surface area (Å²) < 4.78 is 4.73. The fourth-order valence-electron chi connectivity index (χ4n) is 0.611. The number of aryl methyl sites for hydroxylation is 1. The van der Waals surface area contributed by atoms with Crippen LogP contribution < -0.4 is 5.73 Å². The van der Waals surface area contributed by atoms with Crippen LogP contribution in [0.25, 0.3) is 0 Å².